The van der Waals surface area contributed by atoms with Gasteiger partial charge in [-0.2, -0.15) is 0 Å². The van der Waals surface area contributed by atoms with E-state index in [1.165, 1.54) is 44.8 Å². The van der Waals surface area contributed by atoms with Crippen molar-refractivity contribution in [2.45, 2.75) is 62.8 Å². The third kappa shape index (κ3) is 3.55. The fraction of sp³-hybridized carbons (Fsp3) is 0.667. The Morgan fingerprint density at radius 3 is 2.04 bits per heavy atom. The number of sulfone groups is 1. The molecule has 142 valence electrons. The van der Waals surface area contributed by atoms with Gasteiger partial charge in [0.2, 0.25) is 5.91 Å². The van der Waals surface area contributed by atoms with Crippen LogP contribution in [0.15, 0.2) is 29.2 Å². The van der Waals surface area contributed by atoms with Crippen molar-refractivity contribution < 1.29 is 13.2 Å². The minimum absolute atomic E-state index is 0.106. The Morgan fingerprint density at radius 2 is 1.58 bits per heavy atom. The lowest BCUT2D eigenvalue weighted by molar-refractivity contribution is -0.130. The summed E-state index contributed by atoms with van der Waals surface area (Å²) in [6, 6.07) is 6.72. The van der Waals surface area contributed by atoms with Gasteiger partial charge in [-0.25, -0.2) is 8.42 Å². The molecule has 1 atom stereocenters. The molecule has 4 saturated carbocycles. The summed E-state index contributed by atoms with van der Waals surface area (Å²) < 4.78 is 23.1. The first-order valence-corrected chi connectivity index (χ1v) is 11.7. The highest BCUT2D eigenvalue weighted by atomic mass is 32.2. The van der Waals surface area contributed by atoms with Gasteiger partial charge in [-0.15, -0.1) is 0 Å². The Bertz CT molecular complexity index is 762. The van der Waals surface area contributed by atoms with Crippen LogP contribution in [0.4, 0.5) is 0 Å². The molecule has 4 aliphatic rings. The molecular weight excluding hydrogens is 346 g/mol. The van der Waals surface area contributed by atoms with Crippen LogP contribution in [0.1, 0.15) is 63.5 Å². The first kappa shape index (κ1) is 18.0. The molecule has 4 nitrogen and oxygen atoms in total. The van der Waals surface area contributed by atoms with Crippen molar-refractivity contribution in [1.29, 1.82) is 0 Å². The quantitative estimate of drug-likeness (QED) is 0.850. The highest BCUT2D eigenvalue weighted by Crippen LogP contribution is 2.61. The van der Waals surface area contributed by atoms with Gasteiger partial charge in [0.1, 0.15) is 0 Å². The van der Waals surface area contributed by atoms with Gasteiger partial charge in [0.15, 0.2) is 9.84 Å². The van der Waals surface area contributed by atoms with Crippen LogP contribution < -0.4 is 5.32 Å². The van der Waals surface area contributed by atoms with Crippen molar-refractivity contribution in [3.05, 3.63) is 29.8 Å². The highest BCUT2D eigenvalue weighted by Gasteiger charge is 2.51. The second-order valence-corrected chi connectivity index (χ2v) is 11.2. The molecule has 5 rings (SSSR count). The van der Waals surface area contributed by atoms with E-state index in [1.807, 2.05) is 6.92 Å². The fourth-order valence-electron chi connectivity index (χ4n) is 6.23. The fourth-order valence-corrected chi connectivity index (χ4v) is 6.86. The largest absolute Gasteiger partial charge is 0.350 e. The maximum atomic E-state index is 12.7. The Hall–Kier alpha value is -1.36. The molecule has 4 bridgehead atoms. The second kappa shape index (κ2) is 6.36. The lowest BCUT2D eigenvalue weighted by Crippen LogP contribution is -2.48. The van der Waals surface area contributed by atoms with Crippen LogP contribution in [0.25, 0.3) is 0 Å². The maximum absolute atomic E-state index is 12.7. The third-order valence-electron chi connectivity index (χ3n) is 6.89. The molecule has 1 aromatic carbocycles. The average molecular weight is 376 g/mol. The lowest BCUT2D eigenvalue weighted by Gasteiger charge is -2.56. The van der Waals surface area contributed by atoms with Crippen molar-refractivity contribution >= 4 is 15.7 Å². The Kier molecular flexibility index (Phi) is 4.41. The molecule has 0 aromatic heterocycles. The molecule has 0 heterocycles. The predicted octanol–water partition coefficient (Wildman–Crippen LogP) is 3.87. The monoisotopic (exact) mass is 375 g/mol. The smallest absolute Gasteiger partial charge is 0.221 e. The van der Waals surface area contributed by atoms with Gasteiger partial charge in [0.05, 0.1) is 10.9 Å². The average Bonchev–Trinajstić information content (AvgIpc) is 2.52. The number of carbonyl (C=O) groups excluding carboxylic acids is 1. The van der Waals surface area contributed by atoms with Gasteiger partial charge in [-0.3, -0.25) is 4.79 Å². The van der Waals surface area contributed by atoms with Gasteiger partial charge in [0.25, 0.3) is 0 Å². The van der Waals surface area contributed by atoms with Gasteiger partial charge in [-0.1, -0.05) is 12.1 Å². The van der Waals surface area contributed by atoms with Crippen molar-refractivity contribution in [2.75, 3.05) is 6.26 Å². The zero-order chi connectivity index (χ0) is 18.5. The molecule has 0 spiro atoms. The molecule has 0 saturated heterocycles. The van der Waals surface area contributed by atoms with Gasteiger partial charge < -0.3 is 5.32 Å². The number of nitrogens with one attached hydrogen (secondary N) is 1. The second-order valence-electron chi connectivity index (χ2n) is 9.22. The van der Waals surface area contributed by atoms with E-state index < -0.39 is 9.84 Å². The third-order valence-corrected chi connectivity index (χ3v) is 8.01. The van der Waals surface area contributed by atoms with Crippen LogP contribution in [0.3, 0.4) is 0 Å². The van der Waals surface area contributed by atoms with E-state index >= 15 is 0 Å². The summed E-state index contributed by atoms with van der Waals surface area (Å²) in [7, 11) is -3.19. The summed E-state index contributed by atoms with van der Waals surface area (Å²) in [5.74, 6) is 2.71. The number of amides is 1. The molecule has 4 fully saturated rings. The van der Waals surface area contributed by atoms with Crippen molar-refractivity contribution in [3.63, 3.8) is 0 Å². The summed E-state index contributed by atoms with van der Waals surface area (Å²) in [5, 5.41) is 3.14. The number of hydrogen-bond acceptors (Lipinski definition) is 3. The molecule has 0 aliphatic heterocycles. The topological polar surface area (TPSA) is 63.2 Å². The Morgan fingerprint density at radius 1 is 1.08 bits per heavy atom. The van der Waals surface area contributed by atoms with E-state index in [1.54, 1.807) is 24.3 Å². The molecule has 1 N–H and O–H groups in total. The highest BCUT2D eigenvalue weighted by molar-refractivity contribution is 7.90. The summed E-state index contributed by atoms with van der Waals surface area (Å²) in [6.07, 6.45) is 9.76. The van der Waals surface area contributed by atoms with E-state index in [-0.39, 0.29) is 17.4 Å². The summed E-state index contributed by atoms with van der Waals surface area (Å²) in [6.45, 7) is 1.97. The van der Waals surface area contributed by atoms with E-state index in [0.717, 1.165) is 23.3 Å². The normalized spacial score (nSPS) is 33.8. The lowest BCUT2D eigenvalue weighted by atomic mass is 9.49. The van der Waals surface area contributed by atoms with Crippen LogP contribution in [0, 0.1) is 23.2 Å². The molecule has 0 radical (unpaired) electrons. The molecule has 0 unspecified atom stereocenters. The number of rotatable bonds is 5. The Labute approximate surface area is 156 Å². The van der Waals surface area contributed by atoms with Crippen LogP contribution >= 0.6 is 0 Å². The standard InChI is InChI=1S/C21H29NO3S/c1-14(18-3-5-19(6-4-18)26(2,24)25)22-20(23)13-21-10-15-7-16(11-21)9-17(8-15)12-21/h3-6,14-17H,7-13H2,1-2H3,(H,22,23)/t14-,15?,16?,17?,21?/m0/s1. The summed E-state index contributed by atoms with van der Waals surface area (Å²) in [5.41, 5.74) is 1.19. The molecule has 1 aromatic rings. The van der Waals surface area contributed by atoms with Crippen LogP contribution in [0.2, 0.25) is 0 Å². The SMILES string of the molecule is C[C@H](NC(=O)CC12CC3CC(CC(C3)C1)C2)c1ccc(S(C)(=O)=O)cc1. The van der Waals surface area contributed by atoms with Crippen molar-refractivity contribution in [1.82, 2.24) is 5.32 Å². The number of carbonyl (C=O) groups is 1. The first-order valence-electron chi connectivity index (χ1n) is 9.82. The van der Waals surface area contributed by atoms with Crippen LogP contribution in [-0.2, 0) is 14.6 Å². The van der Waals surface area contributed by atoms with Gasteiger partial charge in [-0.05, 0) is 86.3 Å². The summed E-state index contributed by atoms with van der Waals surface area (Å²) >= 11 is 0. The Balaban J connectivity index is 1.39. The first-order chi connectivity index (χ1) is 12.2. The van der Waals surface area contributed by atoms with Gasteiger partial charge in [0, 0.05) is 12.7 Å². The van der Waals surface area contributed by atoms with Crippen LogP contribution in [0.5, 0.6) is 0 Å². The molecule has 4 aliphatic carbocycles. The van der Waals surface area contributed by atoms with E-state index in [4.69, 9.17) is 0 Å². The number of benzene rings is 1. The van der Waals surface area contributed by atoms with Crippen molar-refractivity contribution in [2.24, 2.45) is 23.2 Å². The minimum Gasteiger partial charge on any atom is -0.350 e. The predicted molar refractivity (Wildman–Crippen MR) is 101 cm³/mol. The number of hydrogen-bond donors (Lipinski definition) is 1. The van der Waals surface area contributed by atoms with E-state index in [2.05, 4.69) is 5.32 Å². The molecular formula is C21H29NO3S. The van der Waals surface area contributed by atoms with Gasteiger partial charge >= 0.3 is 0 Å². The van der Waals surface area contributed by atoms with Crippen LogP contribution in [-0.4, -0.2) is 20.6 Å². The molecule has 1 amide bonds. The van der Waals surface area contributed by atoms with E-state index in [9.17, 15) is 13.2 Å². The maximum Gasteiger partial charge on any atom is 0.221 e. The minimum atomic E-state index is -3.19. The van der Waals surface area contributed by atoms with Crippen molar-refractivity contribution in [3.8, 4) is 0 Å². The zero-order valence-corrected chi connectivity index (χ0v) is 16.5. The van der Waals surface area contributed by atoms with E-state index in [0.29, 0.717) is 11.3 Å². The molecule has 26 heavy (non-hydrogen) atoms. The zero-order valence-electron chi connectivity index (χ0n) is 15.7. The molecule has 5 heteroatoms. The summed E-state index contributed by atoms with van der Waals surface area (Å²) in [4.78, 5) is 13.0.